The van der Waals surface area contributed by atoms with Crippen molar-refractivity contribution in [1.29, 1.82) is 0 Å². The first kappa shape index (κ1) is 20.1. The number of anilines is 1. The minimum absolute atomic E-state index is 0.109. The predicted octanol–water partition coefficient (Wildman–Crippen LogP) is 3.77. The van der Waals surface area contributed by atoms with Crippen LogP contribution >= 0.6 is 0 Å². The summed E-state index contributed by atoms with van der Waals surface area (Å²) in [6.45, 7) is 13.0. The van der Waals surface area contributed by atoms with Crippen molar-refractivity contribution >= 4 is 11.7 Å². The number of aryl methyl sites for hydroxylation is 4. The van der Waals surface area contributed by atoms with Crippen molar-refractivity contribution in [3.63, 3.8) is 0 Å². The lowest BCUT2D eigenvalue weighted by molar-refractivity contribution is 0.0745. The van der Waals surface area contributed by atoms with Gasteiger partial charge in [-0.25, -0.2) is 9.97 Å². The molecule has 1 fully saturated rings. The number of benzene rings is 1. The van der Waals surface area contributed by atoms with E-state index in [1.807, 2.05) is 49.9 Å². The van der Waals surface area contributed by atoms with Crippen molar-refractivity contribution in [1.82, 2.24) is 19.4 Å². The van der Waals surface area contributed by atoms with Crippen LogP contribution in [0, 0.1) is 34.6 Å². The fourth-order valence-corrected chi connectivity index (χ4v) is 4.33. The third kappa shape index (κ3) is 3.70. The molecule has 1 aliphatic heterocycles. The standard InChI is InChI=1S/C24H29N5O/c1-16-8-6-7-9-22(16)29-18(3)15-21(19(29)4)24(30)28-12-10-27(11-13-28)23-14-17(2)25-20(5)26-23/h6-9,14-15H,10-13H2,1-5H3. The van der Waals surface area contributed by atoms with Gasteiger partial charge in [-0.3, -0.25) is 4.79 Å². The quantitative estimate of drug-likeness (QED) is 0.668. The van der Waals surface area contributed by atoms with E-state index in [2.05, 4.69) is 45.4 Å². The minimum Gasteiger partial charge on any atom is -0.353 e. The summed E-state index contributed by atoms with van der Waals surface area (Å²) >= 11 is 0. The number of carbonyl (C=O) groups excluding carboxylic acids is 1. The van der Waals surface area contributed by atoms with E-state index in [-0.39, 0.29) is 5.91 Å². The summed E-state index contributed by atoms with van der Waals surface area (Å²) in [5.41, 5.74) is 6.16. The maximum Gasteiger partial charge on any atom is 0.255 e. The molecule has 1 saturated heterocycles. The molecule has 1 aliphatic rings. The Morgan fingerprint density at radius 1 is 0.900 bits per heavy atom. The van der Waals surface area contributed by atoms with Crippen molar-refractivity contribution in [3.8, 4) is 5.69 Å². The van der Waals surface area contributed by atoms with Crippen LogP contribution in [-0.4, -0.2) is 51.5 Å². The average Bonchev–Trinajstić information content (AvgIpc) is 3.01. The van der Waals surface area contributed by atoms with Gasteiger partial charge in [-0.05, 0) is 52.3 Å². The largest absolute Gasteiger partial charge is 0.353 e. The molecule has 0 N–H and O–H groups in total. The normalized spacial score (nSPS) is 14.3. The van der Waals surface area contributed by atoms with Gasteiger partial charge in [0.2, 0.25) is 0 Å². The molecule has 0 spiro atoms. The molecular formula is C24H29N5O. The number of rotatable bonds is 3. The molecule has 6 heteroatoms. The summed E-state index contributed by atoms with van der Waals surface area (Å²) in [6.07, 6.45) is 0. The molecule has 1 aromatic carbocycles. The van der Waals surface area contributed by atoms with E-state index in [0.29, 0.717) is 13.1 Å². The summed E-state index contributed by atoms with van der Waals surface area (Å²) in [7, 11) is 0. The van der Waals surface area contributed by atoms with Gasteiger partial charge in [0.05, 0.1) is 5.56 Å². The lowest BCUT2D eigenvalue weighted by Crippen LogP contribution is -2.49. The Morgan fingerprint density at radius 2 is 1.60 bits per heavy atom. The molecule has 0 unspecified atom stereocenters. The monoisotopic (exact) mass is 403 g/mol. The molecule has 0 atom stereocenters. The minimum atomic E-state index is 0.109. The fraction of sp³-hybridized carbons (Fsp3) is 0.375. The molecule has 156 valence electrons. The molecular weight excluding hydrogens is 374 g/mol. The van der Waals surface area contributed by atoms with Crippen LogP contribution in [0.2, 0.25) is 0 Å². The Kier molecular flexibility index (Phi) is 5.33. The van der Waals surface area contributed by atoms with Crippen LogP contribution in [0.5, 0.6) is 0 Å². The van der Waals surface area contributed by atoms with E-state index in [9.17, 15) is 4.79 Å². The first-order valence-electron chi connectivity index (χ1n) is 10.5. The summed E-state index contributed by atoms with van der Waals surface area (Å²) in [6, 6.07) is 12.3. The van der Waals surface area contributed by atoms with Crippen LogP contribution in [-0.2, 0) is 0 Å². The second kappa shape index (κ2) is 7.94. The summed E-state index contributed by atoms with van der Waals surface area (Å²) in [5, 5.41) is 0. The summed E-state index contributed by atoms with van der Waals surface area (Å²) < 4.78 is 2.19. The zero-order valence-corrected chi connectivity index (χ0v) is 18.4. The van der Waals surface area contributed by atoms with Crippen molar-refractivity contribution in [2.75, 3.05) is 31.1 Å². The summed E-state index contributed by atoms with van der Waals surface area (Å²) in [4.78, 5) is 26.4. The first-order chi connectivity index (χ1) is 14.3. The third-order valence-electron chi connectivity index (χ3n) is 5.86. The summed E-state index contributed by atoms with van der Waals surface area (Å²) in [5.74, 6) is 1.84. The molecule has 6 nitrogen and oxygen atoms in total. The number of nitrogens with zero attached hydrogens (tertiary/aromatic N) is 5. The highest BCUT2D eigenvalue weighted by atomic mass is 16.2. The van der Waals surface area contributed by atoms with Crippen LogP contribution in [0.3, 0.4) is 0 Å². The second-order valence-electron chi connectivity index (χ2n) is 8.10. The predicted molar refractivity (Wildman–Crippen MR) is 120 cm³/mol. The van der Waals surface area contributed by atoms with E-state index in [1.54, 1.807) is 0 Å². The van der Waals surface area contributed by atoms with Gasteiger partial charge in [0.1, 0.15) is 11.6 Å². The maximum atomic E-state index is 13.3. The number of para-hydroxylation sites is 1. The Hall–Kier alpha value is -3.15. The van der Waals surface area contributed by atoms with E-state index >= 15 is 0 Å². The number of amides is 1. The van der Waals surface area contributed by atoms with Crippen LogP contribution in [0.4, 0.5) is 5.82 Å². The Bertz CT molecular complexity index is 1070. The highest BCUT2D eigenvalue weighted by molar-refractivity contribution is 5.96. The molecule has 3 aromatic rings. The molecule has 0 saturated carbocycles. The van der Waals surface area contributed by atoms with Gasteiger partial charge in [-0.2, -0.15) is 0 Å². The van der Waals surface area contributed by atoms with Crippen molar-refractivity contribution < 1.29 is 4.79 Å². The van der Waals surface area contributed by atoms with Gasteiger partial charge in [0, 0.05) is 55.0 Å². The highest BCUT2D eigenvalue weighted by Crippen LogP contribution is 2.25. The van der Waals surface area contributed by atoms with Gasteiger partial charge in [-0.1, -0.05) is 18.2 Å². The van der Waals surface area contributed by atoms with Gasteiger partial charge >= 0.3 is 0 Å². The lowest BCUT2D eigenvalue weighted by atomic mass is 10.1. The van der Waals surface area contributed by atoms with Crippen LogP contribution in [0.1, 0.15) is 38.8 Å². The fourth-order valence-electron chi connectivity index (χ4n) is 4.33. The van der Waals surface area contributed by atoms with Crippen LogP contribution < -0.4 is 4.90 Å². The molecule has 4 rings (SSSR count). The lowest BCUT2D eigenvalue weighted by Gasteiger charge is -2.35. The van der Waals surface area contributed by atoms with Crippen LogP contribution in [0.25, 0.3) is 5.69 Å². The molecule has 1 amide bonds. The van der Waals surface area contributed by atoms with Gasteiger partial charge < -0.3 is 14.4 Å². The molecule has 0 radical (unpaired) electrons. The van der Waals surface area contributed by atoms with E-state index < -0.39 is 0 Å². The van der Waals surface area contributed by atoms with E-state index in [1.165, 1.54) is 5.56 Å². The number of aromatic nitrogens is 3. The van der Waals surface area contributed by atoms with Gasteiger partial charge in [0.15, 0.2) is 0 Å². The smallest absolute Gasteiger partial charge is 0.255 e. The number of hydrogen-bond acceptors (Lipinski definition) is 4. The number of hydrogen-bond donors (Lipinski definition) is 0. The van der Waals surface area contributed by atoms with Crippen molar-refractivity contribution in [2.24, 2.45) is 0 Å². The van der Waals surface area contributed by atoms with E-state index in [0.717, 1.165) is 53.1 Å². The van der Waals surface area contributed by atoms with Gasteiger partial charge in [-0.15, -0.1) is 0 Å². The molecule has 2 aromatic heterocycles. The zero-order valence-electron chi connectivity index (χ0n) is 18.4. The molecule has 30 heavy (non-hydrogen) atoms. The maximum absolute atomic E-state index is 13.3. The average molecular weight is 404 g/mol. The van der Waals surface area contributed by atoms with Crippen molar-refractivity contribution in [3.05, 3.63) is 70.4 Å². The molecule has 0 bridgehead atoms. The van der Waals surface area contributed by atoms with Gasteiger partial charge in [0.25, 0.3) is 5.91 Å². The SMILES string of the molecule is Cc1cc(N2CCN(C(=O)c3cc(C)n(-c4ccccc4C)c3C)CC2)nc(C)n1. The molecule has 3 heterocycles. The van der Waals surface area contributed by atoms with Crippen molar-refractivity contribution in [2.45, 2.75) is 34.6 Å². The topological polar surface area (TPSA) is 54.3 Å². The van der Waals surface area contributed by atoms with E-state index in [4.69, 9.17) is 0 Å². The third-order valence-corrected chi connectivity index (χ3v) is 5.86. The zero-order chi connectivity index (χ0) is 21.4. The number of piperazine rings is 1. The first-order valence-corrected chi connectivity index (χ1v) is 10.5. The highest BCUT2D eigenvalue weighted by Gasteiger charge is 2.26. The Balaban J connectivity index is 1.53. The van der Waals surface area contributed by atoms with Crippen LogP contribution in [0.15, 0.2) is 36.4 Å². The number of carbonyl (C=O) groups is 1. The second-order valence-corrected chi connectivity index (χ2v) is 8.10. The Morgan fingerprint density at radius 3 is 2.27 bits per heavy atom. The molecule has 0 aliphatic carbocycles. The Labute approximate surface area is 178 Å².